The molecule has 9 heteroatoms. The quantitative estimate of drug-likeness (QED) is 0.542. The van der Waals surface area contributed by atoms with Gasteiger partial charge >= 0.3 is 11.8 Å². The molecule has 3 fully saturated rings. The van der Waals surface area contributed by atoms with E-state index in [1.54, 1.807) is 11.9 Å². The average molecular weight is 528 g/mol. The van der Waals surface area contributed by atoms with E-state index in [0.717, 1.165) is 74.5 Å². The van der Waals surface area contributed by atoms with Crippen molar-refractivity contribution < 1.29 is 18.7 Å². The van der Waals surface area contributed by atoms with Crippen molar-refractivity contribution in [2.24, 2.45) is 5.41 Å². The predicted molar refractivity (Wildman–Crippen MR) is 145 cm³/mol. The molecule has 7 rings (SSSR count). The molecule has 2 aromatic carbocycles. The Labute approximate surface area is 227 Å². The summed E-state index contributed by atoms with van der Waals surface area (Å²) in [6, 6.07) is 15.8. The predicted octanol–water partition coefficient (Wildman–Crippen LogP) is 3.47. The Morgan fingerprint density at radius 1 is 1.03 bits per heavy atom. The number of nitrogens with one attached hydrogen (secondary N) is 1. The number of aryl methyl sites for hydroxylation is 1. The van der Waals surface area contributed by atoms with Gasteiger partial charge in [0.15, 0.2) is 0 Å². The maximum atomic E-state index is 13.5. The summed E-state index contributed by atoms with van der Waals surface area (Å²) in [6.45, 7) is 3.76. The maximum Gasteiger partial charge on any atom is 0.309 e. The molecule has 202 valence electrons. The Bertz CT molecular complexity index is 1400. The number of carbonyl (C=O) groups excluding carboxylic acids is 2. The van der Waals surface area contributed by atoms with Crippen LogP contribution in [0.3, 0.4) is 0 Å². The van der Waals surface area contributed by atoms with Gasteiger partial charge in [0.2, 0.25) is 11.8 Å². The second kappa shape index (κ2) is 9.19. The summed E-state index contributed by atoms with van der Waals surface area (Å²) in [5.41, 5.74) is 4.31. The van der Waals surface area contributed by atoms with Crippen molar-refractivity contribution in [1.82, 2.24) is 15.5 Å². The molecule has 4 aliphatic rings. The Kier molecular flexibility index (Phi) is 5.73. The first-order valence-corrected chi connectivity index (χ1v) is 13.9. The molecule has 0 radical (unpaired) electrons. The summed E-state index contributed by atoms with van der Waals surface area (Å²) < 4.78 is 11.4. The van der Waals surface area contributed by atoms with Crippen molar-refractivity contribution in [1.29, 1.82) is 0 Å². The smallest absolute Gasteiger partial charge is 0.309 e. The first-order valence-electron chi connectivity index (χ1n) is 13.9. The van der Waals surface area contributed by atoms with Crippen molar-refractivity contribution >= 4 is 23.2 Å². The van der Waals surface area contributed by atoms with E-state index < -0.39 is 11.9 Å². The zero-order chi connectivity index (χ0) is 26.6. The van der Waals surface area contributed by atoms with Crippen molar-refractivity contribution in [2.75, 3.05) is 43.2 Å². The summed E-state index contributed by atoms with van der Waals surface area (Å²) in [6.07, 6.45) is 5.22. The number of likely N-dealkylation sites (N-methyl/N-ethyl adjacent to an activating group) is 1. The molecule has 0 bridgehead atoms. The van der Waals surface area contributed by atoms with E-state index in [9.17, 15) is 9.59 Å². The summed E-state index contributed by atoms with van der Waals surface area (Å²) in [4.78, 5) is 30.6. The van der Waals surface area contributed by atoms with E-state index >= 15 is 0 Å². The molecule has 1 N–H and O–H groups in total. The van der Waals surface area contributed by atoms with Gasteiger partial charge in [0.05, 0.1) is 5.41 Å². The van der Waals surface area contributed by atoms with Crippen molar-refractivity contribution in [3.8, 4) is 0 Å². The van der Waals surface area contributed by atoms with Gasteiger partial charge in [-0.1, -0.05) is 36.4 Å². The molecule has 1 aromatic heterocycles. The number of benzene rings is 2. The molecule has 2 amide bonds. The van der Waals surface area contributed by atoms with Crippen LogP contribution in [0.2, 0.25) is 0 Å². The fourth-order valence-corrected chi connectivity index (χ4v) is 6.49. The topological polar surface area (TPSA) is 101 Å². The highest BCUT2D eigenvalue weighted by Gasteiger charge is 2.51. The number of carbonyl (C=O) groups is 2. The molecule has 1 spiro atoms. The van der Waals surface area contributed by atoms with Crippen molar-refractivity contribution in [2.45, 2.75) is 50.0 Å². The molecule has 1 saturated carbocycles. The second-order valence-electron chi connectivity index (χ2n) is 11.6. The lowest BCUT2D eigenvalue weighted by Crippen LogP contribution is -2.58. The molecule has 1 unspecified atom stereocenters. The van der Waals surface area contributed by atoms with Crippen LogP contribution in [-0.2, 0) is 21.4 Å². The minimum atomic E-state index is -0.674. The monoisotopic (exact) mass is 527 g/mol. The number of amides is 2. The van der Waals surface area contributed by atoms with E-state index in [0.29, 0.717) is 24.1 Å². The largest absolute Gasteiger partial charge is 0.416 e. The van der Waals surface area contributed by atoms with E-state index in [1.165, 1.54) is 0 Å². The maximum absolute atomic E-state index is 13.5. The first-order chi connectivity index (χ1) is 19.0. The van der Waals surface area contributed by atoms with Crippen LogP contribution in [0.5, 0.6) is 0 Å². The van der Waals surface area contributed by atoms with Crippen LogP contribution in [0.4, 0.5) is 11.4 Å². The molecule has 3 aliphatic heterocycles. The van der Waals surface area contributed by atoms with Crippen LogP contribution in [0.1, 0.15) is 59.8 Å². The van der Waals surface area contributed by atoms with E-state index in [4.69, 9.17) is 9.15 Å². The summed E-state index contributed by atoms with van der Waals surface area (Å²) in [5.74, 6) is -0.312. The molecular weight excluding hydrogens is 494 g/mol. The van der Waals surface area contributed by atoms with Crippen LogP contribution in [-0.4, -0.2) is 61.4 Å². The van der Waals surface area contributed by atoms with Crippen LogP contribution >= 0.6 is 0 Å². The molecule has 3 aromatic rings. The molecular formula is C30H33N5O4. The van der Waals surface area contributed by atoms with E-state index in [1.807, 2.05) is 30.3 Å². The zero-order valence-corrected chi connectivity index (χ0v) is 22.2. The van der Waals surface area contributed by atoms with Gasteiger partial charge in [0.1, 0.15) is 6.04 Å². The normalized spacial score (nSPS) is 23.1. The summed E-state index contributed by atoms with van der Waals surface area (Å²) in [7, 11) is 1.78. The van der Waals surface area contributed by atoms with Gasteiger partial charge in [-0.2, -0.15) is 0 Å². The van der Waals surface area contributed by atoms with Gasteiger partial charge in [0.25, 0.3) is 0 Å². The van der Waals surface area contributed by atoms with E-state index in [2.05, 4.69) is 38.6 Å². The zero-order valence-electron chi connectivity index (χ0n) is 22.2. The molecule has 9 nitrogen and oxygen atoms in total. The van der Waals surface area contributed by atoms with Gasteiger partial charge in [0, 0.05) is 50.1 Å². The lowest BCUT2D eigenvalue weighted by atomic mass is 9.73. The van der Waals surface area contributed by atoms with Gasteiger partial charge in [-0.25, -0.2) is 0 Å². The Morgan fingerprint density at radius 3 is 2.54 bits per heavy atom. The first kappa shape index (κ1) is 24.3. The third-order valence-corrected chi connectivity index (χ3v) is 9.14. The number of fused-ring (bicyclic) bond motifs is 1. The van der Waals surface area contributed by atoms with Gasteiger partial charge < -0.3 is 24.3 Å². The Hall–Kier alpha value is -3.72. The fourth-order valence-electron chi connectivity index (χ4n) is 6.49. The average Bonchev–Trinajstić information content (AvgIpc) is 3.64. The fraction of sp³-hybridized carbons (Fsp3) is 0.467. The second-order valence-corrected chi connectivity index (χ2v) is 11.6. The highest BCUT2D eigenvalue weighted by Crippen LogP contribution is 2.52. The minimum absolute atomic E-state index is 0.105. The number of anilines is 2. The standard InChI is InChI=1S/C30H33N5O4/c1-34-24-17-22(35-18-29(19-35)13-15-38-16-14-29)9-7-20(24)8-10-23(27(34)37)31-25(36)26-32-33-28(39-26)30(11-12-30)21-5-3-2-4-6-21/h2-7,9,17,23H,8,10-16,18-19H2,1H3,(H,31,36). The summed E-state index contributed by atoms with van der Waals surface area (Å²) >= 11 is 0. The van der Waals surface area contributed by atoms with Gasteiger partial charge in [-0.15, -0.1) is 10.2 Å². The number of rotatable bonds is 5. The van der Waals surface area contributed by atoms with Gasteiger partial charge in [-0.3, -0.25) is 9.59 Å². The molecule has 2 saturated heterocycles. The van der Waals surface area contributed by atoms with E-state index in [-0.39, 0.29) is 17.2 Å². The van der Waals surface area contributed by atoms with Crippen LogP contribution in [0, 0.1) is 5.41 Å². The molecule has 4 heterocycles. The molecule has 1 aliphatic carbocycles. The molecule has 1 atom stereocenters. The Balaban J connectivity index is 1.03. The highest BCUT2D eigenvalue weighted by molar-refractivity contribution is 6.02. The number of nitrogens with zero attached hydrogens (tertiary/aromatic N) is 4. The van der Waals surface area contributed by atoms with Crippen LogP contribution in [0.25, 0.3) is 0 Å². The third kappa shape index (κ3) is 4.19. The van der Waals surface area contributed by atoms with Gasteiger partial charge in [-0.05, 0) is 61.8 Å². The molecule has 39 heavy (non-hydrogen) atoms. The number of hydrogen-bond donors (Lipinski definition) is 1. The SMILES string of the molecule is CN1C(=O)C(NC(=O)c2nnc(C3(c4ccccc4)CC3)o2)CCc2ccc(N3CC4(CCOCC4)C3)cc21. The Morgan fingerprint density at radius 2 is 1.79 bits per heavy atom. The highest BCUT2D eigenvalue weighted by atomic mass is 16.5. The van der Waals surface area contributed by atoms with Crippen molar-refractivity contribution in [3.05, 3.63) is 71.4 Å². The number of hydrogen-bond acceptors (Lipinski definition) is 7. The third-order valence-electron chi connectivity index (χ3n) is 9.14. The van der Waals surface area contributed by atoms with Crippen LogP contribution in [0.15, 0.2) is 52.9 Å². The number of aromatic nitrogens is 2. The lowest BCUT2D eigenvalue weighted by molar-refractivity contribution is -0.120. The van der Waals surface area contributed by atoms with Crippen LogP contribution < -0.4 is 15.1 Å². The minimum Gasteiger partial charge on any atom is -0.416 e. The summed E-state index contributed by atoms with van der Waals surface area (Å²) in [5, 5.41) is 11.1. The lowest BCUT2D eigenvalue weighted by Gasteiger charge is -2.53. The van der Waals surface area contributed by atoms with Crippen molar-refractivity contribution in [3.63, 3.8) is 0 Å². The number of ether oxygens (including phenoxy) is 1.